The molecule has 4 rings (SSSR count). The molecule has 0 spiro atoms. The third-order valence-corrected chi connectivity index (χ3v) is 5.65. The van der Waals surface area contributed by atoms with Crippen LogP contribution in [0.25, 0.3) is 4.96 Å². The number of nitrogens with zero attached hydrogens (tertiary/aromatic N) is 3. The number of ether oxygens (including phenoxy) is 1. The van der Waals surface area contributed by atoms with Crippen LogP contribution in [0.3, 0.4) is 0 Å². The minimum Gasteiger partial charge on any atom is -0.480 e. The summed E-state index contributed by atoms with van der Waals surface area (Å²) < 4.78 is 7.56. The van der Waals surface area contributed by atoms with Gasteiger partial charge in [-0.15, -0.1) is 11.3 Å². The molecule has 1 N–H and O–H groups in total. The summed E-state index contributed by atoms with van der Waals surface area (Å²) >= 11 is 1.65. The van der Waals surface area contributed by atoms with Gasteiger partial charge in [0.2, 0.25) is 5.88 Å². The van der Waals surface area contributed by atoms with E-state index in [1.807, 2.05) is 0 Å². The summed E-state index contributed by atoms with van der Waals surface area (Å²) in [6.45, 7) is 3.39. The van der Waals surface area contributed by atoms with Crippen molar-refractivity contribution in [2.45, 2.75) is 44.3 Å². The smallest absolute Gasteiger partial charge is 0.237 e. The maximum atomic E-state index is 5.42. The van der Waals surface area contributed by atoms with Crippen molar-refractivity contribution in [1.82, 2.24) is 19.6 Å². The standard InChI is InChI=1S/C15H22N4OS/c1-20-14-13(19-7-8-21-15(19)17-14)10-16-11-4-6-18-5-2-3-12(18)9-11/h7-8,11-12,16H,2-6,9-10H2,1H3. The average molecular weight is 306 g/mol. The van der Waals surface area contributed by atoms with E-state index >= 15 is 0 Å². The van der Waals surface area contributed by atoms with Gasteiger partial charge >= 0.3 is 0 Å². The van der Waals surface area contributed by atoms with Gasteiger partial charge < -0.3 is 15.0 Å². The molecule has 21 heavy (non-hydrogen) atoms. The van der Waals surface area contributed by atoms with Gasteiger partial charge in [0.1, 0.15) is 5.69 Å². The second-order valence-corrected chi connectivity index (χ2v) is 6.93. The van der Waals surface area contributed by atoms with Crippen molar-refractivity contribution >= 4 is 16.3 Å². The summed E-state index contributed by atoms with van der Waals surface area (Å²) in [5, 5.41) is 5.80. The molecule has 0 aromatic carbocycles. The fourth-order valence-corrected chi connectivity index (χ4v) is 4.51. The summed E-state index contributed by atoms with van der Waals surface area (Å²) in [5.41, 5.74) is 1.14. The molecule has 114 valence electrons. The zero-order valence-electron chi connectivity index (χ0n) is 12.4. The van der Waals surface area contributed by atoms with Crippen LogP contribution < -0.4 is 10.1 Å². The molecule has 0 saturated carbocycles. The Morgan fingerprint density at radius 1 is 1.43 bits per heavy atom. The lowest BCUT2D eigenvalue weighted by Gasteiger charge is -2.35. The van der Waals surface area contributed by atoms with Crippen LogP contribution in [-0.2, 0) is 6.54 Å². The van der Waals surface area contributed by atoms with Crippen molar-refractivity contribution in [3.05, 3.63) is 17.3 Å². The number of fused-ring (bicyclic) bond motifs is 2. The molecule has 0 amide bonds. The second-order valence-electron chi connectivity index (χ2n) is 6.06. The van der Waals surface area contributed by atoms with Crippen LogP contribution in [0.5, 0.6) is 5.88 Å². The van der Waals surface area contributed by atoms with E-state index in [4.69, 9.17) is 4.74 Å². The molecule has 2 aliphatic heterocycles. The van der Waals surface area contributed by atoms with Crippen LogP contribution in [0.2, 0.25) is 0 Å². The highest BCUT2D eigenvalue weighted by molar-refractivity contribution is 7.15. The quantitative estimate of drug-likeness (QED) is 0.939. The third-order valence-electron chi connectivity index (χ3n) is 4.90. The molecule has 2 aliphatic rings. The Hall–Kier alpha value is -1.11. The Labute approximate surface area is 128 Å². The van der Waals surface area contributed by atoms with Gasteiger partial charge in [0.15, 0.2) is 4.96 Å². The number of hydrogen-bond donors (Lipinski definition) is 1. The molecule has 2 aromatic heterocycles. The van der Waals surface area contributed by atoms with E-state index in [1.54, 1.807) is 18.4 Å². The molecule has 2 unspecified atom stereocenters. The first kappa shape index (κ1) is 13.5. The maximum Gasteiger partial charge on any atom is 0.237 e. The van der Waals surface area contributed by atoms with Crippen LogP contribution in [0, 0.1) is 0 Å². The van der Waals surface area contributed by atoms with Crippen LogP contribution in [0.4, 0.5) is 0 Å². The topological polar surface area (TPSA) is 41.8 Å². The largest absolute Gasteiger partial charge is 0.480 e. The first-order valence-corrected chi connectivity index (χ1v) is 8.69. The van der Waals surface area contributed by atoms with Crippen molar-refractivity contribution in [2.75, 3.05) is 20.2 Å². The molecular weight excluding hydrogens is 284 g/mol. The Morgan fingerprint density at radius 3 is 3.29 bits per heavy atom. The second kappa shape index (κ2) is 5.59. The number of methoxy groups -OCH3 is 1. The molecule has 4 heterocycles. The number of imidazole rings is 1. The molecule has 6 heteroatoms. The first-order chi connectivity index (χ1) is 10.3. The maximum absolute atomic E-state index is 5.42. The monoisotopic (exact) mass is 306 g/mol. The van der Waals surface area contributed by atoms with Crippen molar-refractivity contribution in [2.24, 2.45) is 0 Å². The van der Waals surface area contributed by atoms with Gasteiger partial charge in [-0.25, -0.2) is 0 Å². The highest BCUT2D eigenvalue weighted by Crippen LogP contribution is 2.28. The van der Waals surface area contributed by atoms with E-state index in [9.17, 15) is 0 Å². The fraction of sp³-hybridized carbons (Fsp3) is 0.667. The van der Waals surface area contributed by atoms with E-state index in [2.05, 4.69) is 31.2 Å². The van der Waals surface area contributed by atoms with Crippen molar-refractivity contribution < 1.29 is 4.74 Å². The van der Waals surface area contributed by atoms with Gasteiger partial charge in [0.05, 0.1) is 7.11 Å². The highest BCUT2D eigenvalue weighted by atomic mass is 32.1. The van der Waals surface area contributed by atoms with Crippen LogP contribution >= 0.6 is 11.3 Å². The number of nitrogens with one attached hydrogen (secondary N) is 1. The van der Waals surface area contributed by atoms with E-state index in [0.717, 1.165) is 29.1 Å². The predicted molar refractivity (Wildman–Crippen MR) is 84.1 cm³/mol. The number of hydrogen-bond acceptors (Lipinski definition) is 5. The number of rotatable bonds is 4. The highest BCUT2D eigenvalue weighted by Gasteiger charge is 2.31. The Morgan fingerprint density at radius 2 is 2.38 bits per heavy atom. The van der Waals surface area contributed by atoms with Gasteiger partial charge in [0.25, 0.3) is 0 Å². The van der Waals surface area contributed by atoms with Gasteiger partial charge in [-0.3, -0.25) is 4.40 Å². The third kappa shape index (κ3) is 2.45. The van der Waals surface area contributed by atoms with E-state index in [1.165, 1.54) is 38.8 Å². The van der Waals surface area contributed by atoms with Crippen molar-refractivity contribution in [1.29, 1.82) is 0 Å². The summed E-state index contributed by atoms with van der Waals surface area (Å²) in [6, 6.07) is 1.43. The summed E-state index contributed by atoms with van der Waals surface area (Å²) in [6.07, 6.45) is 7.37. The summed E-state index contributed by atoms with van der Waals surface area (Å²) in [7, 11) is 1.70. The molecular formula is C15H22N4OS. The van der Waals surface area contributed by atoms with Crippen LogP contribution in [0.15, 0.2) is 11.6 Å². The Kier molecular flexibility index (Phi) is 3.61. The van der Waals surface area contributed by atoms with E-state index in [0.29, 0.717) is 6.04 Å². The molecule has 2 atom stereocenters. The first-order valence-electron chi connectivity index (χ1n) is 7.81. The number of thiazole rings is 1. The van der Waals surface area contributed by atoms with Crippen LogP contribution in [-0.4, -0.2) is 46.6 Å². The SMILES string of the molecule is COc1nc2sccn2c1CNC1CCN2CCCC2C1. The molecule has 0 radical (unpaired) electrons. The molecule has 2 aromatic rings. The zero-order valence-corrected chi connectivity index (χ0v) is 13.2. The van der Waals surface area contributed by atoms with Gasteiger partial charge in [-0.1, -0.05) is 0 Å². The van der Waals surface area contributed by atoms with Gasteiger partial charge in [0, 0.05) is 30.2 Å². The van der Waals surface area contributed by atoms with E-state index < -0.39 is 0 Å². The molecule has 2 fully saturated rings. The predicted octanol–water partition coefficient (Wildman–Crippen LogP) is 2.12. The summed E-state index contributed by atoms with van der Waals surface area (Å²) in [5.74, 6) is 0.757. The van der Waals surface area contributed by atoms with Gasteiger partial charge in [-0.2, -0.15) is 4.98 Å². The van der Waals surface area contributed by atoms with Crippen molar-refractivity contribution in [3.63, 3.8) is 0 Å². The fourth-order valence-electron chi connectivity index (χ4n) is 3.79. The Balaban J connectivity index is 1.44. The van der Waals surface area contributed by atoms with Crippen molar-refractivity contribution in [3.8, 4) is 5.88 Å². The lowest BCUT2D eigenvalue weighted by atomic mass is 9.97. The minimum absolute atomic E-state index is 0.623. The molecule has 0 aliphatic carbocycles. The molecule has 2 saturated heterocycles. The minimum atomic E-state index is 0.623. The molecule has 0 bridgehead atoms. The summed E-state index contributed by atoms with van der Waals surface area (Å²) in [4.78, 5) is 8.19. The van der Waals surface area contributed by atoms with Crippen LogP contribution in [0.1, 0.15) is 31.4 Å². The normalized spacial score (nSPS) is 26.3. The zero-order chi connectivity index (χ0) is 14.2. The number of aromatic nitrogens is 2. The number of piperidine rings is 1. The average Bonchev–Trinajstić information content (AvgIpc) is 3.19. The lowest BCUT2D eigenvalue weighted by molar-refractivity contribution is 0.166. The lowest BCUT2D eigenvalue weighted by Crippen LogP contribution is -2.45. The Bertz CT molecular complexity index is 622. The molecule has 5 nitrogen and oxygen atoms in total. The van der Waals surface area contributed by atoms with Gasteiger partial charge in [-0.05, 0) is 38.8 Å². The van der Waals surface area contributed by atoms with E-state index in [-0.39, 0.29) is 0 Å².